The molecule has 4 aromatic rings. The van der Waals surface area contributed by atoms with E-state index >= 15 is 0 Å². The van der Waals surface area contributed by atoms with Crippen LogP contribution in [0.5, 0.6) is 23.1 Å². The summed E-state index contributed by atoms with van der Waals surface area (Å²) >= 11 is 1.51. The lowest BCUT2D eigenvalue weighted by atomic mass is 10.1. The van der Waals surface area contributed by atoms with Gasteiger partial charge in [0.1, 0.15) is 17.2 Å². The highest BCUT2D eigenvalue weighted by Gasteiger charge is 2.24. The standard InChI is InChI=1S/C26H25NO6S/c1-30-18-10-8-16(9-11-18)15-27-21-12-17(26(28)29)13-22(32-3)23(21)24(25(27)33-4)34-20-7-5-6-19(14-20)31-2/h5-14H,15H2,1-4H3,(H,28,29). The molecule has 0 aliphatic carbocycles. The van der Waals surface area contributed by atoms with Crippen molar-refractivity contribution >= 4 is 28.6 Å². The molecule has 0 bridgehead atoms. The van der Waals surface area contributed by atoms with Crippen LogP contribution >= 0.6 is 11.8 Å². The van der Waals surface area contributed by atoms with Gasteiger partial charge in [0.15, 0.2) is 0 Å². The average molecular weight is 480 g/mol. The van der Waals surface area contributed by atoms with E-state index in [9.17, 15) is 9.90 Å². The summed E-state index contributed by atoms with van der Waals surface area (Å²) in [5.74, 6) is 1.55. The van der Waals surface area contributed by atoms with Crippen molar-refractivity contribution in [3.63, 3.8) is 0 Å². The van der Waals surface area contributed by atoms with Gasteiger partial charge < -0.3 is 28.6 Å². The summed E-state index contributed by atoms with van der Waals surface area (Å²) in [5.41, 5.74) is 1.85. The van der Waals surface area contributed by atoms with E-state index in [4.69, 9.17) is 18.9 Å². The Balaban J connectivity index is 1.94. The van der Waals surface area contributed by atoms with Gasteiger partial charge in [-0.2, -0.15) is 0 Å². The molecule has 0 aliphatic rings. The number of rotatable bonds is 9. The number of ether oxygens (including phenoxy) is 4. The van der Waals surface area contributed by atoms with Crippen molar-refractivity contribution in [3.8, 4) is 23.1 Å². The highest BCUT2D eigenvalue weighted by Crippen LogP contribution is 2.47. The molecule has 1 N–H and O–H groups in total. The molecule has 0 unspecified atom stereocenters. The summed E-state index contributed by atoms with van der Waals surface area (Å²) in [7, 11) is 6.40. The van der Waals surface area contributed by atoms with Crippen LogP contribution in [0.3, 0.4) is 0 Å². The summed E-state index contributed by atoms with van der Waals surface area (Å²) < 4.78 is 24.2. The smallest absolute Gasteiger partial charge is 0.335 e. The molecule has 0 fully saturated rings. The van der Waals surface area contributed by atoms with Gasteiger partial charge >= 0.3 is 5.97 Å². The number of carboxylic acid groups (broad SMARTS) is 1. The number of carbonyl (C=O) groups is 1. The Hall–Kier alpha value is -3.78. The number of carboxylic acids is 1. The molecule has 34 heavy (non-hydrogen) atoms. The number of aromatic nitrogens is 1. The van der Waals surface area contributed by atoms with E-state index in [1.54, 1.807) is 27.4 Å². The zero-order chi connectivity index (χ0) is 24.2. The predicted octanol–water partition coefficient (Wildman–Crippen LogP) is 5.57. The molecule has 0 aliphatic heterocycles. The average Bonchev–Trinajstić information content (AvgIpc) is 3.15. The van der Waals surface area contributed by atoms with Crippen molar-refractivity contribution in [2.45, 2.75) is 16.3 Å². The topological polar surface area (TPSA) is 79.2 Å². The van der Waals surface area contributed by atoms with Gasteiger partial charge in [-0.25, -0.2) is 4.79 Å². The molecule has 0 atom stereocenters. The Labute approximate surface area is 201 Å². The molecule has 8 heteroatoms. The number of hydrogen-bond acceptors (Lipinski definition) is 6. The van der Waals surface area contributed by atoms with Crippen LogP contribution in [0, 0.1) is 0 Å². The molecule has 0 spiro atoms. The van der Waals surface area contributed by atoms with Gasteiger partial charge in [-0.15, -0.1) is 0 Å². The third-order valence-electron chi connectivity index (χ3n) is 5.46. The summed E-state index contributed by atoms with van der Waals surface area (Å²) in [4.78, 5) is 13.6. The van der Waals surface area contributed by atoms with E-state index < -0.39 is 5.97 Å². The summed E-state index contributed by atoms with van der Waals surface area (Å²) in [5, 5.41) is 10.5. The molecule has 176 valence electrons. The van der Waals surface area contributed by atoms with Gasteiger partial charge in [-0.05, 0) is 48.0 Å². The lowest BCUT2D eigenvalue weighted by Gasteiger charge is -2.12. The Kier molecular flexibility index (Phi) is 6.88. The number of benzene rings is 3. The molecule has 0 saturated heterocycles. The minimum absolute atomic E-state index is 0.137. The van der Waals surface area contributed by atoms with E-state index in [0.717, 1.165) is 32.2 Å². The van der Waals surface area contributed by atoms with Crippen molar-refractivity contribution in [2.75, 3.05) is 28.4 Å². The third kappa shape index (κ3) is 4.49. The van der Waals surface area contributed by atoms with E-state index in [1.165, 1.54) is 24.9 Å². The maximum atomic E-state index is 11.8. The summed E-state index contributed by atoms with van der Waals surface area (Å²) in [6.45, 7) is 0.467. The second kappa shape index (κ2) is 10.0. The minimum Gasteiger partial charge on any atom is -0.497 e. The molecular weight excluding hydrogens is 454 g/mol. The fraction of sp³-hybridized carbons (Fsp3) is 0.192. The highest BCUT2D eigenvalue weighted by atomic mass is 32.2. The number of hydrogen-bond donors (Lipinski definition) is 1. The fourth-order valence-electron chi connectivity index (χ4n) is 3.82. The largest absolute Gasteiger partial charge is 0.497 e. The third-order valence-corrected chi connectivity index (χ3v) is 6.53. The van der Waals surface area contributed by atoms with Crippen LogP contribution in [0.2, 0.25) is 0 Å². The van der Waals surface area contributed by atoms with Crippen molar-refractivity contribution in [2.24, 2.45) is 0 Å². The summed E-state index contributed by atoms with van der Waals surface area (Å²) in [6, 6.07) is 18.6. The molecule has 1 aromatic heterocycles. The molecule has 1 heterocycles. The second-order valence-corrected chi connectivity index (χ2v) is 8.52. The van der Waals surface area contributed by atoms with Crippen LogP contribution < -0.4 is 18.9 Å². The van der Waals surface area contributed by atoms with Crippen molar-refractivity contribution in [3.05, 3.63) is 71.8 Å². The van der Waals surface area contributed by atoms with Crippen LogP contribution in [-0.4, -0.2) is 44.1 Å². The number of methoxy groups -OCH3 is 4. The first-order valence-corrected chi connectivity index (χ1v) is 11.3. The summed E-state index contributed by atoms with van der Waals surface area (Å²) in [6.07, 6.45) is 0. The van der Waals surface area contributed by atoms with Gasteiger partial charge in [0.25, 0.3) is 0 Å². The number of fused-ring (bicyclic) bond motifs is 1. The van der Waals surface area contributed by atoms with Gasteiger partial charge in [-0.3, -0.25) is 0 Å². The monoisotopic (exact) mass is 479 g/mol. The normalized spacial score (nSPS) is 10.8. The molecule has 0 saturated carbocycles. The quantitative estimate of drug-likeness (QED) is 0.336. The van der Waals surface area contributed by atoms with Gasteiger partial charge in [0.05, 0.1) is 56.3 Å². The Morgan fingerprint density at radius 1 is 0.882 bits per heavy atom. The van der Waals surface area contributed by atoms with Crippen molar-refractivity contribution in [1.29, 1.82) is 0 Å². The van der Waals surface area contributed by atoms with Crippen LogP contribution in [0.1, 0.15) is 15.9 Å². The predicted molar refractivity (Wildman–Crippen MR) is 131 cm³/mol. The van der Waals surface area contributed by atoms with E-state index in [-0.39, 0.29) is 5.56 Å². The molecule has 0 amide bonds. The highest BCUT2D eigenvalue weighted by molar-refractivity contribution is 7.99. The van der Waals surface area contributed by atoms with Gasteiger partial charge in [0, 0.05) is 4.90 Å². The zero-order valence-corrected chi connectivity index (χ0v) is 20.1. The first-order valence-electron chi connectivity index (χ1n) is 10.4. The van der Waals surface area contributed by atoms with Crippen molar-refractivity contribution < 1.29 is 28.8 Å². The SMILES string of the molecule is COc1ccc(Cn2c(OC)c(Sc3cccc(OC)c3)c3c(OC)cc(C(=O)O)cc32)cc1. The van der Waals surface area contributed by atoms with Crippen LogP contribution in [0.15, 0.2) is 70.5 Å². The Morgan fingerprint density at radius 2 is 1.62 bits per heavy atom. The van der Waals surface area contributed by atoms with Gasteiger partial charge in [0.2, 0.25) is 5.88 Å². The lowest BCUT2D eigenvalue weighted by Crippen LogP contribution is -2.04. The lowest BCUT2D eigenvalue weighted by molar-refractivity contribution is 0.0696. The van der Waals surface area contributed by atoms with E-state index in [1.807, 2.05) is 53.1 Å². The van der Waals surface area contributed by atoms with Crippen LogP contribution in [0.4, 0.5) is 0 Å². The molecule has 0 radical (unpaired) electrons. The fourth-order valence-corrected chi connectivity index (χ4v) is 4.96. The van der Waals surface area contributed by atoms with Crippen LogP contribution in [0.25, 0.3) is 10.9 Å². The minimum atomic E-state index is -1.03. The van der Waals surface area contributed by atoms with E-state index in [2.05, 4.69) is 0 Å². The first kappa shape index (κ1) is 23.4. The van der Waals surface area contributed by atoms with Crippen molar-refractivity contribution in [1.82, 2.24) is 4.57 Å². The van der Waals surface area contributed by atoms with E-state index in [0.29, 0.717) is 23.7 Å². The molecule has 7 nitrogen and oxygen atoms in total. The molecular formula is C26H25NO6S. The number of nitrogens with zero attached hydrogens (tertiary/aromatic N) is 1. The maximum absolute atomic E-state index is 11.8. The first-order chi connectivity index (χ1) is 16.5. The molecule has 4 rings (SSSR count). The Bertz CT molecular complexity index is 1330. The maximum Gasteiger partial charge on any atom is 0.335 e. The van der Waals surface area contributed by atoms with Gasteiger partial charge in [-0.1, -0.05) is 30.0 Å². The molecule has 3 aromatic carbocycles. The van der Waals surface area contributed by atoms with Crippen LogP contribution in [-0.2, 0) is 6.54 Å². The Morgan fingerprint density at radius 3 is 2.24 bits per heavy atom. The zero-order valence-electron chi connectivity index (χ0n) is 19.3. The second-order valence-electron chi connectivity index (χ2n) is 7.43. The number of aromatic carboxylic acids is 1.